The molecule has 0 spiro atoms. The number of hydrogen-bond donors (Lipinski definition) is 1. The Balaban J connectivity index is 2.16. The van der Waals surface area contributed by atoms with E-state index in [9.17, 15) is 0 Å². The summed E-state index contributed by atoms with van der Waals surface area (Å²) in [6, 6.07) is 9.15. The summed E-state index contributed by atoms with van der Waals surface area (Å²) in [4.78, 5) is 4.16. The van der Waals surface area contributed by atoms with Crippen LogP contribution >= 0.6 is 11.6 Å². The first-order valence-electron chi connectivity index (χ1n) is 6.14. The third-order valence-corrected chi connectivity index (χ3v) is 2.85. The molecule has 0 atom stereocenters. The molecule has 5 nitrogen and oxygen atoms in total. The highest BCUT2D eigenvalue weighted by atomic mass is 35.5. The summed E-state index contributed by atoms with van der Waals surface area (Å²) < 4.78 is 10.5. The van der Waals surface area contributed by atoms with Gasteiger partial charge in [0.05, 0.1) is 0 Å². The van der Waals surface area contributed by atoms with E-state index < -0.39 is 0 Å². The first-order valence-corrected chi connectivity index (χ1v) is 6.52. The van der Waals surface area contributed by atoms with Gasteiger partial charge in [0.25, 0.3) is 0 Å². The van der Waals surface area contributed by atoms with Crippen LogP contribution in [0.1, 0.15) is 12.1 Å². The van der Waals surface area contributed by atoms with Gasteiger partial charge in [-0.05, 0) is 24.6 Å². The number of benzene rings is 1. The fourth-order valence-corrected chi connectivity index (χ4v) is 1.87. The molecule has 0 bridgehead atoms. The molecule has 0 unspecified atom stereocenters. The molecule has 6 heteroatoms. The molecule has 1 N–H and O–H groups in total. The third kappa shape index (κ3) is 3.50. The minimum atomic E-state index is 0.234. The van der Waals surface area contributed by atoms with Crippen LogP contribution in [0.5, 0.6) is 0 Å². The molecule has 1 aromatic carbocycles. The van der Waals surface area contributed by atoms with Gasteiger partial charge < -0.3 is 14.5 Å². The summed E-state index contributed by atoms with van der Waals surface area (Å²) in [5.41, 5.74) is 0.969. The first-order chi connectivity index (χ1) is 9.74. The van der Waals surface area contributed by atoms with Crippen molar-refractivity contribution in [3.63, 3.8) is 0 Å². The minimum Gasteiger partial charge on any atom is -0.419 e. The van der Waals surface area contributed by atoms with E-state index in [-0.39, 0.29) is 5.69 Å². The van der Waals surface area contributed by atoms with Gasteiger partial charge in [0.15, 0.2) is 0 Å². The summed E-state index contributed by atoms with van der Waals surface area (Å²) in [6.07, 6.45) is 0.814. The van der Waals surface area contributed by atoms with Gasteiger partial charge in [-0.15, -0.1) is 0 Å². The van der Waals surface area contributed by atoms with Crippen LogP contribution in [0, 0.1) is 11.3 Å². The first kappa shape index (κ1) is 14.4. The molecule has 2 rings (SSSR count). The van der Waals surface area contributed by atoms with Crippen LogP contribution in [0.15, 0.2) is 28.7 Å². The van der Waals surface area contributed by atoms with Gasteiger partial charge in [0.2, 0.25) is 17.5 Å². The highest BCUT2D eigenvalue weighted by molar-refractivity contribution is 6.30. The van der Waals surface area contributed by atoms with Gasteiger partial charge in [-0.3, -0.25) is 0 Å². The monoisotopic (exact) mass is 291 g/mol. The number of aromatic nitrogens is 1. The standard InChI is InChI=1S/C14H14ClN3O2/c1-19-7-3-6-17-14-12(9-16)18-13(20-14)10-4-2-5-11(15)8-10/h2,4-5,8,17H,3,6-7H2,1H3. The Morgan fingerprint density at radius 2 is 2.35 bits per heavy atom. The molecule has 0 aliphatic rings. The number of halogens is 1. The number of nitrogens with zero attached hydrogens (tertiary/aromatic N) is 2. The molecule has 1 aromatic heterocycles. The zero-order valence-corrected chi connectivity index (χ0v) is 11.8. The van der Waals surface area contributed by atoms with E-state index in [2.05, 4.69) is 10.3 Å². The molecule has 0 aliphatic heterocycles. The van der Waals surface area contributed by atoms with Gasteiger partial charge in [-0.2, -0.15) is 10.2 Å². The van der Waals surface area contributed by atoms with Crippen molar-refractivity contribution in [3.05, 3.63) is 35.0 Å². The molecular formula is C14H14ClN3O2. The molecule has 104 valence electrons. The highest BCUT2D eigenvalue weighted by Crippen LogP contribution is 2.26. The lowest BCUT2D eigenvalue weighted by Gasteiger charge is -2.01. The third-order valence-electron chi connectivity index (χ3n) is 2.62. The second kappa shape index (κ2) is 6.94. The number of hydrogen-bond acceptors (Lipinski definition) is 5. The van der Waals surface area contributed by atoms with Crippen LogP contribution < -0.4 is 5.32 Å². The number of rotatable bonds is 6. The molecule has 20 heavy (non-hydrogen) atoms. The van der Waals surface area contributed by atoms with Gasteiger partial charge in [0.1, 0.15) is 6.07 Å². The Bertz CT molecular complexity index is 619. The lowest BCUT2D eigenvalue weighted by molar-refractivity contribution is 0.197. The molecule has 0 radical (unpaired) electrons. The van der Waals surface area contributed by atoms with Gasteiger partial charge in [0, 0.05) is 30.8 Å². The van der Waals surface area contributed by atoms with E-state index >= 15 is 0 Å². The summed E-state index contributed by atoms with van der Waals surface area (Å²) in [5, 5.41) is 12.7. The molecule has 2 aromatic rings. The van der Waals surface area contributed by atoms with Crippen LogP contribution in [0.4, 0.5) is 5.88 Å². The Kier molecular flexibility index (Phi) is 4.99. The van der Waals surface area contributed by atoms with Crippen molar-refractivity contribution in [2.24, 2.45) is 0 Å². The van der Waals surface area contributed by atoms with Crippen LogP contribution in [0.2, 0.25) is 5.02 Å². The highest BCUT2D eigenvalue weighted by Gasteiger charge is 2.14. The number of oxazole rings is 1. The molecule has 0 aliphatic carbocycles. The molecular weight excluding hydrogens is 278 g/mol. The summed E-state index contributed by atoms with van der Waals surface area (Å²) in [6.45, 7) is 1.29. The second-order valence-electron chi connectivity index (χ2n) is 4.09. The summed E-state index contributed by atoms with van der Waals surface area (Å²) in [7, 11) is 1.65. The van der Waals surface area contributed by atoms with Crippen molar-refractivity contribution < 1.29 is 9.15 Å². The topological polar surface area (TPSA) is 71.1 Å². The Labute approximate surface area is 122 Å². The summed E-state index contributed by atoms with van der Waals surface area (Å²) >= 11 is 5.93. The lowest BCUT2D eigenvalue weighted by Crippen LogP contribution is -2.04. The van der Waals surface area contributed by atoms with Crippen molar-refractivity contribution in [2.75, 3.05) is 25.6 Å². The number of nitriles is 1. The van der Waals surface area contributed by atoms with Gasteiger partial charge in [-0.1, -0.05) is 17.7 Å². The van der Waals surface area contributed by atoms with E-state index in [1.807, 2.05) is 12.1 Å². The maximum atomic E-state index is 9.07. The zero-order chi connectivity index (χ0) is 14.4. The van der Waals surface area contributed by atoms with Crippen molar-refractivity contribution in [1.82, 2.24) is 4.98 Å². The van der Waals surface area contributed by atoms with Crippen molar-refractivity contribution >= 4 is 17.5 Å². The van der Waals surface area contributed by atoms with E-state index in [0.29, 0.717) is 29.9 Å². The van der Waals surface area contributed by atoms with Crippen molar-refractivity contribution in [3.8, 4) is 17.5 Å². The summed E-state index contributed by atoms with van der Waals surface area (Å²) in [5.74, 6) is 0.747. The smallest absolute Gasteiger partial charge is 0.232 e. The van der Waals surface area contributed by atoms with E-state index in [1.165, 1.54) is 0 Å². The average molecular weight is 292 g/mol. The fraction of sp³-hybridized carbons (Fsp3) is 0.286. The normalized spacial score (nSPS) is 10.2. The predicted molar refractivity (Wildman–Crippen MR) is 76.6 cm³/mol. The predicted octanol–water partition coefficient (Wildman–Crippen LogP) is 3.32. The Morgan fingerprint density at radius 3 is 3.05 bits per heavy atom. The minimum absolute atomic E-state index is 0.234. The molecule has 0 saturated heterocycles. The zero-order valence-electron chi connectivity index (χ0n) is 11.0. The van der Waals surface area contributed by atoms with E-state index in [0.717, 1.165) is 12.0 Å². The van der Waals surface area contributed by atoms with Crippen LogP contribution in [-0.4, -0.2) is 25.2 Å². The lowest BCUT2D eigenvalue weighted by atomic mass is 10.2. The molecule has 1 heterocycles. The quantitative estimate of drug-likeness (QED) is 0.827. The maximum Gasteiger partial charge on any atom is 0.232 e. The van der Waals surface area contributed by atoms with Crippen molar-refractivity contribution in [1.29, 1.82) is 5.26 Å². The van der Waals surface area contributed by atoms with E-state index in [4.69, 9.17) is 26.0 Å². The molecule has 0 saturated carbocycles. The Hall–Kier alpha value is -2.03. The number of nitrogens with one attached hydrogen (secondary N) is 1. The van der Waals surface area contributed by atoms with E-state index in [1.54, 1.807) is 25.3 Å². The average Bonchev–Trinajstić information content (AvgIpc) is 2.87. The van der Waals surface area contributed by atoms with Crippen LogP contribution in [-0.2, 0) is 4.74 Å². The van der Waals surface area contributed by atoms with Gasteiger partial charge >= 0.3 is 0 Å². The fourth-order valence-electron chi connectivity index (χ4n) is 1.68. The number of anilines is 1. The number of ether oxygens (including phenoxy) is 1. The molecule has 0 fully saturated rings. The van der Waals surface area contributed by atoms with Crippen molar-refractivity contribution in [2.45, 2.75) is 6.42 Å². The maximum absolute atomic E-state index is 9.07. The van der Waals surface area contributed by atoms with Crippen LogP contribution in [0.3, 0.4) is 0 Å². The Morgan fingerprint density at radius 1 is 1.50 bits per heavy atom. The van der Waals surface area contributed by atoms with Crippen LogP contribution in [0.25, 0.3) is 11.5 Å². The molecule has 0 amide bonds. The largest absolute Gasteiger partial charge is 0.419 e. The van der Waals surface area contributed by atoms with Gasteiger partial charge in [-0.25, -0.2) is 0 Å². The number of methoxy groups -OCH3 is 1. The SMILES string of the molecule is COCCCNc1oc(-c2cccc(Cl)c2)nc1C#N. The second-order valence-corrected chi connectivity index (χ2v) is 4.53.